The summed E-state index contributed by atoms with van der Waals surface area (Å²) in [7, 11) is 1.56. The van der Waals surface area contributed by atoms with Gasteiger partial charge < -0.3 is 4.74 Å². The molecule has 9 heavy (non-hydrogen) atoms. The third kappa shape index (κ3) is 2.85. The van der Waals surface area contributed by atoms with Gasteiger partial charge in [-0.25, -0.2) is 4.79 Å². The van der Waals surface area contributed by atoms with Gasteiger partial charge in [-0.2, -0.15) is 0 Å². The summed E-state index contributed by atoms with van der Waals surface area (Å²) in [6.07, 6.45) is 0. The van der Waals surface area contributed by atoms with Crippen LogP contribution in [0.25, 0.3) is 0 Å². The maximum absolute atomic E-state index is 10.6. The maximum atomic E-state index is 10.6. The van der Waals surface area contributed by atoms with E-state index in [1.807, 2.05) is 0 Å². The minimum Gasteiger partial charge on any atom is -0.462 e. The second-order valence-corrected chi connectivity index (χ2v) is 1.53. The van der Waals surface area contributed by atoms with Gasteiger partial charge in [-0.15, -0.1) is 0 Å². The summed E-state index contributed by atoms with van der Waals surface area (Å²) >= 11 is 0. The van der Waals surface area contributed by atoms with Gasteiger partial charge in [0, 0.05) is 7.05 Å². The van der Waals surface area contributed by atoms with E-state index in [2.05, 4.69) is 9.73 Å². The van der Waals surface area contributed by atoms with Crippen LogP contribution in [0.1, 0.15) is 13.8 Å². The van der Waals surface area contributed by atoms with Crippen LogP contribution >= 0.6 is 0 Å². The van der Waals surface area contributed by atoms with Crippen LogP contribution in [0.15, 0.2) is 4.99 Å². The van der Waals surface area contributed by atoms with Crippen LogP contribution in [-0.2, 0) is 9.53 Å². The molecule has 0 amide bonds. The van der Waals surface area contributed by atoms with E-state index in [0.29, 0.717) is 12.3 Å². The number of aliphatic imine (C=N–C) groups is 1. The lowest BCUT2D eigenvalue weighted by atomic mass is 10.4. The molecule has 0 aromatic rings. The molecule has 0 heterocycles. The second-order valence-electron chi connectivity index (χ2n) is 1.53. The van der Waals surface area contributed by atoms with Gasteiger partial charge in [0.15, 0.2) is 0 Å². The van der Waals surface area contributed by atoms with Gasteiger partial charge in [0.2, 0.25) is 0 Å². The van der Waals surface area contributed by atoms with Crippen LogP contribution in [-0.4, -0.2) is 25.3 Å². The van der Waals surface area contributed by atoms with E-state index in [-0.39, 0.29) is 5.97 Å². The Morgan fingerprint density at radius 1 is 1.67 bits per heavy atom. The zero-order valence-electron chi connectivity index (χ0n) is 5.97. The van der Waals surface area contributed by atoms with Crippen molar-refractivity contribution in [3.05, 3.63) is 0 Å². The molecule has 0 aliphatic rings. The van der Waals surface area contributed by atoms with E-state index >= 15 is 0 Å². The van der Waals surface area contributed by atoms with E-state index in [4.69, 9.17) is 0 Å². The van der Waals surface area contributed by atoms with Gasteiger partial charge in [0.1, 0.15) is 5.71 Å². The molecule has 0 rings (SSSR count). The number of rotatable bonds is 2. The Hall–Kier alpha value is -0.860. The summed E-state index contributed by atoms with van der Waals surface area (Å²) in [6, 6.07) is 0. The number of ether oxygens (including phenoxy) is 1. The zero-order valence-corrected chi connectivity index (χ0v) is 5.97. The van der Waals surface area contributed by atoms with Gasteiger partial charge in [-0.05, 0) is 13.8 Å². The first-order chi connectivity index (χ1) is 4.22. The Morgan fingerprint density at radius 2 is 2.22 bits per heavy atom. The third-order valence-electron chi connectivity index (χ3n) is 0.906. The first-order valence-corrected chi connectivity index (χ1v) is 2.82. The van der Waals surface area contributed by atoms with Crippen LogP contribution < -0.4 is 0 Å². The number of hydrogen-bond acceptors (Lipinski definition) is 3. The van der Waals surface area contributed by atoms with Crippen molar-refractivity contribution in [2.24, 2.45) is 4.99 Å². The molecular formula is C6H11NO2. The second kappa shape index (κ2) is 4.06. The smallest absolute Gasteiger partial charge is 0.351 e. The fraction of sp³-hybridized carbons (Fsp3) is 0.667. The van der Waals surface area contributed by atoms with Gasteiger partial charge in [0.05, 0.1) is 6.61 Å². The lowest BCUT2D eigenvalue weighted by Crippen LogP contribution is -2.13. The normalized spacial score (nSPS) is 11.2. The van der Waals surface area contributed by atoms with Crippen LogP contribution in [0, 0.1) is 0 Å². The van der Waals surface area contributed by atoms with Crippen molar-refractivity contribution in [1.82, 2.24) is 0 Å². The molecule has 0 aromatic carbocycles. The Kier molecular flexibility index (Phi) is 3.67. The molecule has 0 spiro atoms. The molecular weight excluding hydrogens is 118 g/mol. The van der Waals surface area contributed by atoms with Crippen molar-refractivity contribution in [2.75, 3.05) is 13.7 Å². The number of hydrogen-bond donors (Lipinski definition) is 0. The fourth-order valence-electron chi connectivity index (χ4n) is 0.327. The van der Waals surface area contributed by atoms with Crippen LogP contribution in [0.4, 0.5) is 0 Å². The monoisotopic (exact) mass is 129 g/mol. The van der Waals surface area contributed by atoms with E-state index < -0.39 is 0 Å². The maximum Gasteiger partial charge on any atom is 0.351 e. The minimum atomic E-state index is -0.333. The fourth-order valence-corrected chi connectivity index (χ4v) is 0.327. The average Bonchev–Trinajstić information content (AvgIpc) is 1.87. The molecule has 0 fully saturated rings. The average molecular weight is 129 g/mol. The molecule has 0 saturated carbocycles. The van der Waals surface area contributed by atoms with Gasteiger partial charge in [0.25, 0.3) is 0 Å². The van der Waals surface area contributed by atoms with Gasteiger partial charge in [-0.1, -0.05) is 0 Å². The van der Waals surface area contributed by atoms with E-state index in [0.717, 1.165) is 0 Å². The predicted octanol–water partition coefficient (Wildman–Crippen LogP) is 0.640. The summed E-state index contributed by atoms with van der Waals surface area (Å²) in [4.78, 5) is 14.3. The van der Waals surface area contributed by atoms with Crippen molar-refractivity contribution in [2.45, 2.75) is 13.8 Å². The van der Waals surface area contributed by atoms with Crippen LogP contribution in [0.2, 0.25) is 0 Å². The third-order valence-corrected chi connectivity index (χ3v) is 0.906. The molecule has 0 unspecified atom stereocenters. The highest BCUT2D eigenvalue weighted by atomic mass is 16.5. The highest BCUT2D eigenvalue weighted by Gasteiger charge is 2.02. The number of esters is 1. The molecule has 0 aliphatic carbocycles. The molecule has 0 aliphatic heterocycles. The SMILES string of the molecule is CCOC(=O)/C(C)=N/C. The topological polar surface area (TPSA) is 38.7 Å². The number of nitrogens with zero attached hydrogens (tertiary/aromatic N) is 1. The molecule has 3 nitrogen and oxygen atoms in total. The summed E-state index contributed by atoms with van der Waals surface area (Å²) in [5.41, 5.74) is 0.414. The van der Waals surface area contributed by atoms with Gasteiger partial charge >= 0.3 is 5.97 Å². The summed E-state index contributed by atoms with van der Waals surface area (Å²) in [5.74, 6) is -0.333. The minimum absolute atomic E-state index is 0.333. The van der Waals surface area contributed by atoms with E-state index in [9.17, 15) is 4.79 Å². The Morgan fingerprint density at radius 3 is 2.56 bits per heavy atom. The Bertz CT molecular complexity index is 129. The first kappa shape index (κ1) is 8.14. The van der Waals surface area contributed by atoms with Crippen molar-refractivity contribution < 1.29 is 9.53 Å². The Labute approximate surface area is 54.7 Å². The molecule has 0 atom stereocenters. The zero-order chi connectivity index (χ0) is 7.28. The highest BCUT2D eigenvalue weighted by molar-refractivity contribution is 6.35. The number of carbonyl (C=O) groups excluding carboxylic acids is 1. The lowest BCUT2D eigenvalue weighted by molar-refractivity contribution is -0.135. The lowest BCUT2D eigenvalue weighted by Gasteiger charge is -1.97. The summed E-state index contributed by atoms with van der Waals surface area (Å²) in [6.45, 7) is 3.80. The molecule has 0 N–H and O–H groups in total. The van der Waals surface area contributed by atoms with Crippen molar-refractivity contribution in [3.63, 3.8) is 0 Å². The molecule has 0 bridgehead atoms. The summed E-state index contributed by atoms with van der Waals surface area (Å²) in [5, 5.41) is 0. The Balaban J connectivity index is 3.74. The summed E-state index contributed by atoms with van der Waals surface area (Å²) < 4.78 is 4.62. The van der Waals surface area contributed by atoms with E-state index in [1.54, 1.807) is 20.9 Å². The molecule has 3 heteroatoms. The quantitative estimate of drug-likeness (QED) is 0.405. The molecule has 0 radical (unpaired) electrons. The molecule has 0 aromatic heterocycles. The highest BCUT2D eigenvalue weighted by Crippen LogP contribution is 1.81. The number of carbonyl (C=O) groups is 1. The van der Waals surface area contributed by atoms with Crippen molar-refractivity contribution >= 4 is 11.7 Å². The standard InChI is InChI=1S/C6H11NO2/c1-4-9-6(8)5(2)7-3/h4H2,1-3H3/b7-5+. The van der Waals surface area contributed by atoms with Crippen LogP contribution in [0.3, 0.4) is 0 Å². The van der Waals surface area contributed by atoms with Crippen molar-refractivity contribution in [3.8, 4) is 0 Å². The molecule has 52 valence electrons. The van der Waals surface area contributed by atoms with Crippen LogP contribution in [0.5, 0.6) is 0 Å². The molecule has 0 saturated heterocycles. The van der Waals surface area contributed by atoms with Crippen molar-refractivity contribution in [1.29, 1.82) is 0 Å². The van der Waals surface area contributed by atoms with Gasteiger partial charge in [-0.3, -0.25) is 4.99 Å². The largest absolute Gasteiger partial charge is 0.462 e. The first-order valence-electron chi connectivity index (χ1n) is 2.82. The predicted molar refractivity (Wildman–Crippen MR) is 35.7 cm³/mol. The van der Waals surface area contributed by atoms with E-state index in [1.165, 1.54) is 0 Å².